The smallest absolute Gasteiger partial charge is 0.172 e. The SMILES string of the molecule is C(=Cc1cccs1)c1nnn[nH]1. The lowest BCUT2D eigenvalue weighted by atomic mass is 10.4. The van der Waals surface area contributed by atoms with Gasteiger partial charge in [0.05, 0.1) is 0 Å². The Balaban J connectivity index is 2.14. The van der Waals surface area contributed by atoms with E-state index in [2.05, 4.69) is 20.6 Å². The molecule has 5 heteroatoms. The van der Waals surface area contributed by atoms with Crippen molar-refractivity contribution in [1.29, 1.82) is 0 Å². The van der Waals surface area contributed by atoms with E-state index in [4.69, 9.17) is 0 Å². The number of rotatable bonds is 2. The van der Waals surface area contributed by atoms with Crippen LogP contribution in [0.5, 0.6) is 0 Å². The Bertz CT molecular complexity index is 312. The molecule has 0 aliphatic rings. The molecule has 2 aromatic heterocycles. The number of hydrogen-bond donors (Lipinski definition) is 1. The fourth-order valence-corrected chi connectivity index (χ4v) is 1.40. The number of H-pyrrole nitrogens is 1. The summed E-state index contributed by atoms with van der Waals surface area (Å²) in [5.74, 6) is 0.670. The van der Waals surface area contributed by atoms with Crippen LogP contribution in [0.1, 0.15) is 10.7 Å². The maximum atomic E-state index is 3.72. The lowest BCUT2D eigenvalue weighted by Gasteiger charge is -1.80. The maximum absolute atomic E-state index is 3.72. The van der Waals surface area contributed by atoms with E-state index in [-0.39, 0.29) is 0 Å². The van der Waals surface area contributed by atoms with Crippen molar-refractivity contribution in [3.05, 3.63) is 28.2 Å². The molecule has 0 aliphatic heterocycles. The second-order valence-electron chi connectivity index (χ2n) is 2.14. The average molecular weight is 178 g/mol. The van der Waals surface area contributed by atoms with Crippen molar-refractivity contribution in [3.8, 4) is 0 Å². The van der Waals surface area contributed by atoms with E-state index < -0.39 is 0 Å². The van der Waals surface area contributed by atoms with Crippen LogP contribution < -0.4 is 0 Å². The topological polar surface area (TPSA) is 54.5 Å². The number of hydrogen-bond acceptors (Lipinski definition) is 4. The molecule has 0 aliphatic carbocycles. The van der Waals surface area contributed by atoms with Gasteiger partial charge in [-0.1, -0.05) is 6.07 Å². The summed E-state index contributed by atoms with van der Waals surface area (Å²) in [6.07, 6.45) is 3.80. The molecule has 2 rings (SSSR count). The highest BCUT2D eigenvalue weighted by molar-refractivity contribution is 7.10. The minimum Gasteiger partial charge on any atom is -0.239 e. The van der Waals surface area contributed by atoms with E-state index >= 15 is 0 Å². The van der Waals surface area contributed by atoms with Gasteiger partial charge < -0.3 is 0 Å². The molecule has 0 saturated carbocycles. The zero-order valence-corrected chi connectivity index (χ0v) is 6.95. The van der Waals surface area contributed by atoms with Crippen molar-refractivity contribution < 1.29 is 0 Å². The number of aromatic nitrogens is 4. The first-order chi connectivity index (χ1) is 5.95. The zero-order chi connectivity index (χ0) is 8.23. The Morgan fingerprint density at radius 3 is 3.08 bits per heavy atom. The van der Waals surface area contributed by atoms with Gasteiger partial charge in [-0.2, -0.15) is 0 Å². The highest BCUT2D eigenvalue weighted by Crippen LogP contribution is 2.11. The average Bonchev–Trinajstić information content (AvgIpc) is 2.74. The van der Waals surface area contributed by atoms with Gasteiger partial charge >= 0.3 is 0 Å². The van der Waals surface area contributed by atoms with Gasteiger partial charge in [0, 0.05) is 4.88 Å². The quantitative estimate of drug-likeness (QED) is 0.756. The summed E-state index contributed by atoms with van der Waals surface area (Å²) in [6.45, 7) is 0. The normalized spacial score (nSPS) is 11.0. The first-order valence-electron chi connectivity index (χ1n) is 3.40. The van der Waals surface area contributed by atoms with Gasteiger partial charge in [0.1, 0.15) is 0 Å². The molecule has 0 fully saturated rings. The highest BCUT2D eigenvalue weighted by Gasteiger charge is 1.89. The molecule has 0 aromatic carbocycles. The van der Waals surface area contributed by atoms with Gasteiger partial charge in [-0.3, -0.25) is 0 Å². The van der Waals surface area contributed by atoms with Crippen LogP contribution in [-0.2, 0) is 0 Å². The first-order valence-corrected chi connectivity index (χ1v) is 4.28. The zero-order valence-electron chi connectivity index (χ0n) is 6.14. The number of tetrazole rings is 1. The molecule has 2 heterocycles. The molecule has 4 nitrogen and oxygen atoms in total. The van der Waals surface area contributed by atoms with Crippen molar-refractivity contribution in [2.45, 2.75) is 0 Å². The van der Waals surface area contributed by atoms with Crippen LogP contribution in [0.3, 0.4) is 0 Å². The van der Waals surface area contributed by atoms with Crippen LogP contribution in [0.4, 0.5) is 0 Å². The van der Waals surface area contributed by atoms with Crippen molar-refractivity contribution in [3.63, 3.8) is 0 Å². The van der Waals surface area contributed by atoms with Crippen LogP contribution in [0.2, 0.25) is 0 Å². The van der Waals surface area contributed by atoms with Crippen molar-refractivity contribution in [2.24, 2.45) is 0 Å². The van der Waals surface area contributed by atoms with E-state index in [1.807, 2.05) is 29.7 Å². The summed E-state index contributed by atoms with van der Waals surface area (Å²) in [5.41, 5.74) is 0. The summed E-state index contributed by atoms with van der Waals surface area (Å²) in [6, 6.07) is 4.04. The number of nitrogens with one attached hydrogen (secondary N) is 1. The van der Waals surface area contributed by atoms with Gasteiger partial charge in [0.15, 0.2) is 5.82 Å². The molecule has 0 saturated heterocycles. The number of aromatic amines is 1. The van der Waals surface area contributed by atoms with Crippen LogP contribution in [-0.4, -0.2) is 20.6 Å². The Labute approximate surface area is 72.9 Å². The lowest BCUT2D eigenvalue weighted by Crippen LogP contribution is -1.72. The van der Waals surface area contributed by atoms with Gasteiger partial charge in [-0.05, 0) is 34.0 Å². The predicted octanol–water partition coefficient (Wildman–Crippen LogP) is 1.43. The third-order valence-corrected chi connectivity index (χ3v) is 2.15. The molecular weight excluding hydrogens is 172 g/mol. The molecular formula is C7H6N4S. The van der Waals surface area contributed by atoms with Gasteiger partial charge in [-0.25, -0.2) is 5.10 Å². The Hall–Kier alpha value is -1.49. The molecule has 2 aromatic rings. The highest BCUT2D eigenvalue weighted by atomic mass is 32.1. The summed E-state index contributed by atoms with van der Waals surface area (Å²) in [4.78, 5) is 1.19. The van der Waals surface area contributed by atoms with E-state index in [1.165, 1.54) is 4.88 Å². The molecule has 0 radical (unpaired) electrons. The van der Waals surface area contributed by atoms with E-state index in [0.29, 0.717) is 5.82 Å². The summed E-state index contributed by atoms with van der Waals surface area (Å²) in [5, 5.41) is 15.3. The molecule has 12 heavy (non-hydrogen) atoms. The van der Waals surface area contributed by atoms with Crippen molar-refractivity contribution >= 4 is 23.5 Å². The molecule has 0 atom stereocenters. The van der Waals surface area contributed by atoms with Gasteiger partial charge in [-0.15, -0.1) is 16.4 Å². The third kappa shape index (κ3) is 1.57. The Kier molecular flexibility index (Phi) is 1.96. The number of nitrogens with zero attached hydrogens (tertiary/aromatic N) is 3. The Morgan fingerprint density at radius 1 is 1.42 bits per heavy atom. The molecule has 1 N–H and O–H groups in total. The first kappa shape index (κ1) is 7.17. The molecule has 0 bridgehead atoms. The second kappa shape index (κ2) is 3.27. The lowest BCUT2D eigenvalue weighted by molar-refractivity contribution is 0.881. The fraction of sp³-hybridized carbons (Fsp3) is 0. The van der Waals surface area contributed by atoms with E-state index in [9.17, 15) is 0 Å². The van der Waals surface area contributed by atoms with E-state index in [0.717, 1.165) is 0 Å². The van der Waals surface area contributed by atoms with Gasteiger partial charge in [0.25, 0.3) is 0 Å². The molecule has 0 unspecified atom stereocenters. The van der Waals surface area contributed by atoms with Crippen LogP contribution >= 0.6 is 11.3 Å². The molecule has 60 valence electrons. The van der Waals surface area contributed by atoms with Crippen LogP contribution in [0, 0.1) is 0 Å². The number of thiophene rings is 1. The molecule has 0 spiro atoms. The summed E-state index contributed by atoms with van der Waals surface area (Å²) in [7, 11) is 0. The predicted molar refractivity (Wildman–Crippen MR) is 47.4 cm³/mol. The monoisotopic (exact) mass is 178 g/mol. The van der Waals surface area contributed by atoms with Crippen molar-refractivity contribution in [1.82, 2.24) is 20.6 Å². The third-order valence-electron chi connectivity index (χ3n) is 1.31. The van der Waals surface area contributed by atoms with E-state index in [1.54, 1.807) is 11.3 Å². The maximum Gasteiger partial charge on any atom is 0.172 e. The molecule has 0 amide bonds. The fourth-order valence-electron chi connectivity index (χ4n) is 0.784. The Morgan fingerprint density at radius 2 is 2.42 bits per heavy atom. The van der Waals surface area contributed by atoms with Gasteiger partial charge in [0.2, 0.25) is 0 Å². The van der Waals surface area contributed by atoms with Crippen LogP contribution in [0.15, 0.2) is 17.5 Å². The largest absolute Gasteiger partial charge is 0.239 e. The summed E-state index contributed by atoms with van der Waals surface area (Å²) >= 11 is 1.68. The standard InChI is InChI=1S/C7H6N4S/c1-2-6(12-5-1)3-4-7-8-10-11-9-7/h1-5H,(H,8,9,10,11). The van der Waals surface area contributed by atoms with Crippen molar-refractivity contribution in [2.75, 3.05) is 0 Å². The summed E-state index contributed by atoms with van der Waals surface area (Å²) < 4.78 is 0. The minimum absolute atomic E-state index is 0.670. The second-order valence-corrected chi connectivity index (χ2v) is 3.11. The minimum atomic E-state index is 0.670. The van der Waals surface area contributed by atoms with Crippen LogP contribution in [0.25, 0.3) is 12.2 Å².